The third kappa shape index (κ3) is 5.32. The summed E-state index contributed by atoms with van der Waals surface area (Å²) in [4.78, 5) is 24.6. The summed E-state index contributed by atoms with van der Waals surface area (Å²) in [5.41, 5.74) is 5.82. The molecule has 1 aliphatic rings. The standard InChI is InChI=1S/C23H32N4O2/c1-16(2)20-6-5-9-24-22(20)15-27(14-21-18(4)12-17(3)13-25-21)19-7-10-26(11-8-19)23(28)29/h5-6,9,12-13,16,19H,7-8,10-11,14-15H2,1-4H3,(H,28,29). The van der Waals surface area contributed by atoms with Crippen LogP contribution in [0.3, 0.4) is 0 Å². The van der Waals surface area contributed by atoms with E-state index < -0.39 is 6.09 Å². The van der Waals surface area contributed by atoms with E-state index >= 15 is 0 Å². The van der Waals surface area contributed by atoms with E-state index in [2.05, 4.69) is 54.7 Å². The van der Waals surface area contributed by atoms with Crippen molar-refractivity contribution in [3.8, 4) is 0 Å². The van der Waals surface area contributed by atoms with Gasteiger partial charge in [0.05, 0.1) is 11.4 Å². The lowest BCUT2D eigenvalue weighted by molar-refractivity contribution is 0.0856. The maximum absolute atomic E-state index is 11.3. The molecule has 29 heavy (non-hydrogen) atoms. The van der Waals surface area contributed by atoms with Gasteiger partial charge in [0, 0.05) is 44.6 Å². The summed E-state index contributed by atoms with van der Waals surface area (Å²) in [7, 11) is 0. The fourth-order valence-corrected chi connectivity index (χ4v) is 4.14. The summed E-state index contributed by atoms with van der Waals surface area (Å²) in [5.74, 6) is 0.411. The van der Waals surface area contributed by atoms with Crippen molar-refractivity contribution < 1.29 is 9.90 Å². The molecule has 3 rings (SSSR count). The highest BCUT2D eigenvalue weighted by Crippen LogP contribution is 2.25. The zero-order valence-corrected chi connectivity index (χ0v) is 17.9. The fraction of sp³-hybridized carbons (Fsp3) is 0.522. The minimum absolute atomic E-state index is 0.315. The van der Waals surface area contributed by atoms with Gasteiger partial charge < -0.3 is 10.0 Å². The molecule has 0 unspecified atom stereocenters. The number of likely N-dealkylation sites (tertiary alicyclic amines) is 1. The van der Waals surface area contributed by atoms with Gasteiger partial charge in [0.2, 0.25) is 0 Å². The van der Waals surface area contributed by atoms with Gasteiger partial charge in [0.15, 0.2) is 0 Å². The van der Waals surface area contributed by atoms with Gasteiger partial charge in [-0.2, -0.15) is 0 Å². The molecule has 1 aliphatic heterocycles. The molecule has 0 atom stereocenters. The van der Waals surface area contributed by atoms with E-state index in [1.54, 1.807) is 0 Å². The Morgan fingerprint density at radius 1 is 1.21 bits per heavy atom. The number of aromatic nitrogens is 2. The molecule has 156 valence electrons. The van der Waals surface area contributed by atoms with Crippen LogP contribution in [-0.2, 0) is 13.1 Å². The summed E-state index contributed by atoms with van der Waals surface area (Å²) in [6.45, 7) is 11.2. The summed E-state index contributed by atoms with van der Waals surface area (Å²) in [5, 5.41) is 9.29. The largest absolute Gasteiger partial charge is 0.465 e. The molecule has 0 saturated carbocycles. The molecule has 6 heteroatoms. The number of amides is 1. The van der Waals surface area contributed by atoms with Crippen LogP contribution < -0.4 is 0 Å². The topological polar surface area (TPSA) is 69.6 Å². The Morgan fingerprint density at radius 3 is 2.52 bits per heavy atom. The number of piperidine rings is 1. The minimum Gasteiger partial charge on any atom is -0.465 e. The Labute approximate surface area is 173 Å². The third-order valence-electron chi connectivity index (χ3n) is 5.83. The lowest BCUT2D eigenvalue weighted by Crippen LogP contribution is -2.46. The first-order valence-corrected chi connectivity index (χ1v) is 10.4. The first-order chi connectivity index (χ1) is 13.8. The number of nitrogens with zero attached hydrogens (tertiary/aromatic N) is 4. The van der Waals surface area contributed by atoms with Crippen molar-refractivity contribution in [3.05, 3.63) is 58.7 Å². The molecule has 0 spiro atoms. The van der Waals surface area contributed by atoms with Crippen LogP contribution in [-0.4, -0.2) is 50.1 Å². The Kier molecular flexibility index (Phi) is 6.85. The maximum Gasteiger partial charge on any atom is 0.407 e. The molecule has 6 nitrogen and oxygen atoms in total. The molecule has 2 aromatic rings. The summed E-state index contributed by atoms with van der Waals surface area (Å²) in [6, 6.07) is 6.65. The van der Waals surface area contributed by atoms with Crippen LogP contribution in [0.15, 0.2) is 30.6 Å². The Balaban J connectivity index is 1.84. The molecule has 1 amide bonds. The Morgan fingerprint density at radius 2 is 1.90 bits per heavy atom. The van der Waals surface area contributed by atoms with E-state index in [-0.39, 0.29) is 0 Å². The zero-order valence-electron chi connectivity index (χ0n) is 17.9. The van der Waals surface area contributed by atoms with E-state index in [4.69, 9.17) is 0 Å². The quantitative estimate of drug-likeness (QED) is 0.785. The number of hydrogen-bond donors (Lipinski definition) is 1. The average molecular weight is 397 g/mol. The molecule has 0 aliphatic carbocycles. The first-order valence-electron chi connectivity index (χ1n) is 10.4. The van der Waals surface area contributed by atoms with Gasteiger partial charge in [0.1, 0.15) is 0 Å². The molecule has 3 heterocycles. The number of pyridine rings is 2. The molecule has 1 N–H and O–H groups in total. The van der Waals surface area contributed by atoms with Crippen LogP contribution in [0.4, 0.5) is 4.79 Å². The van der Waals surface area contributed by atoms with Crippen molar-refractivity contribution >= 4 is 6.09 Å². The first kappa shape index (κ1) is 21.2. The third-order valence-corrected chi connectivity index (χ3v) is 5.83. The van der Waals surface area contributed by atoms with Crippen molar-refractivity contribution in [2.75, 3.05) is 13.1 Å². The molecule has 1 saturated heterocycles. The van der Waals surface area contributed by atoms with Gasteiger partial charge >= 0.3 is 6.09 Å². The lowest BCUT2D eigenvalue weighted by Gasteiger charge is -2.38. The SMILES string of the molecule is Cc1cnc(CN(Cc2ncccc2C(C)C)C2CCN(C(=O)O)CC2)c(C)c1. The maximum atomic E-state index is 11.3. The van der Waals surface area contributed by atoms with E-state index in [0.717, 1.165) is 37.3 Å². The summed E-state index contributed by atoms with van der Waals surface area (Å²) < 4.78 is 0. The van der Waals surface area contributed by atoms with Gasteiger partial charge in [-0.15, -0.1) is 0 Å². The Hall–Kier alpha value is -2.47. The van der Waals surface area contributed by atoms with Crippen molar-refractivity contribution in [2.24, 2.45) is 0 Å². The van der Waals surface area contributed by atoms with Gasteiger partial charge in [-0.3, -0.25) is 14.9 Å². The van der Waals surface area contributed by atoms with Gasteiger partial charge in [0.25, 0.3) is 0 Å². The van der Waals surface area contributed by atoms with E-state index in [0.29, 0.717) is 25.0 Å². The van der Waals surface area contributed by atoms with Crippen LogP contribution >= 0.6 is 0 Å². The predicted molar refractivity (Wildman–Crippen MR) is 114 cm³/mol. The highest BCUT2D eigenvalue weighted by molar-refractivity contribution is 5.65. The molecule has 0 aromatic carbocycles. The van der Waals surface area contributed by atoms with Crippen molar-refractivity contribution in [3.63, 3.8) is 0 Å². The van der Waals surface area contributed by atoms with Gasteiger partial charge in [-0.1, -0.05) is 26.0 Å². The van der Waals surface area contributed by atoms with Crippen molar-refractivity contribution in [1.29, 1.82) is 0 Å². The second-order valence-electron chi connectivity index (χ2n) is 8.38. The number of carboxylic acid groups (broad SMARTS) is 1. The minimum atomic E-state index is -0.821. The van der Waals surface area contributed by atoms with Crippen LogP contribution in [0.5, 0.6) is 0 Å². The molecular weight excluding hydrogens is 364 g/mol. The van der Waals surface area contributed by atoms with E-state index in [9.17, 15) is 9.90 Å². The highest BCUT2D eigenvalue weighted by Gasteiger charge is 2.28. The van der Waals surface area contributed by atoms with Crippen molar-refractivity contribution in [1.82, 2.24) is 19.8 Å². The monoisotopic (exact) mass is 396 g/mol. The molecule has 2 aromatic heterocycles. The van der Waals surface area contributed by atoms with Crippen LogP contribution in [0.1, 0.15) is 60.7 Å². The number of rotatable bonds is 6. The predicted octanol–water partition coefficient (Wildman–Crippen LogP) is 4.36. The zero-order chi connectivity index (χ0) is 21.0. The Bertz CT molecular complexity index is 845. The van der Waals surface area contributed by atoms with Crippen molar-refractivity contribution in [2.45, 2.75) is 65.6 Å². The number of hydrogen-bond acceptors (Lipinski definition) is 4. The second-order valence-corrected chi connectivity index (χ2v) is 8.38. The van der Waals surface area contributed by atoms with Crippen LogP contribution in [0.25, 0.3) is 0 Å². The fourth-order valence-electron chi connectivity index (χ4n) is 4.14. The molecule has 1 fully saturated rings. The highest BCUT2D eigenvalue weighted by atomic mass is 16.4. The smallest absolute Gasteiger partial charge is 0.407 e. The van der Waals surface area contributed by atoms with Crippen LogP contribution in [0.2, 0.25) is 0 Å². The molecule has 0 bridgehead atoms. The number of aryl methyl sites for hydroxylation is 2. The van der Waals surface area contributed by atoms with E-state index in [1.807, 2.05) is 18.5 Å². The molecule has 0 radical (unpaired) electrons. The lowest BCUT2D eigenvalue weighted by atomic mass is 9.98. The normalized spacial score (nSPS) is 15.3. The number of carbonyl (C=O) groups is 1. The summed E-state index contributed by atoms with van der Waals surface area (Å²) >= 11 is 0. The second kappa shape index (κ2) is 9.35. The molecular formula is C23H32N4O2. The average Bonchev–Trinajstić information content (AvgIpc) is 2.69. The van der Waals surface area contributed by atoms with Gasteiger partial charge in [-0.25, -0.2) is 4.79 Å². The van der Waals surface area contributed by atoms with Gasteiger partial charge in [-0.05, 0) is 55.4 Å². The van der Waals surface area contributed by atoms with E-state index in [1.165, 1.54) is 21.6 Å². The van der Waals surface area contributed by atoms with Crippen LogP contribution in [0, 0.1) is 13.8 Å². The summed E-state index contributed by atoms with van der Waals surface area (Å²) in [6.07, 6.45) is 4.63.